The molecule has 0 fully saturated rings. The van der Waals surface area contributed by atoms with E-state index in [0.29, 0.717) is 26.7 Å². The van der Waals surface area contributed by atoms with Crippen LogP contribution in [0.2, 0.25) is 10.0 Å². The Bertz CT molecular complexity index is 949. The number of H-pyrrole nitrogens is 1. The number of anilines is 1. The van der Waals surface area contributed by atoms with Crippen LogP contribution in [0, 0.1) is 6.92 Å². The summed E-state index contributed by atoms with van der Waals surface area (Å²) in [5.74, 6) is 1.25. The zero-order chi connectivity index (χ0) is 19.2. The lowest BCUT2D eigenvalue weighted by atomic mass is 10.2. The molecule has 27 heavy (non-hydrogen) atoms. The molecule has 6 nitrogen and oxygen atoms in total. The predicted molar refractivity (Wildman–Crippen MR) is 108 cm³/mol. The molecule has 0 saturated heterocycles. The van der Waals surface area contributed by atoms with Crippen LogP contribution in [0.1, 0.15) is 11.4 Å². The third kappa shape index (κ3) is 5.89. The monoisotopic (exact) mass is 422 g/mol. The van der Waals surface area contributed by atoms with Gasteiger partial charge in [-0.25, -0.2) is 4.98 Å². The van der Waals surface area contributed by atoms with Crippen molar-refractivity contribution in [1.29, 1.82) is 0 Å². The maximum absolute atomic E-state index is 12.1. The van der Waals surface area contributed by atoms with Gasteiger partial charge < -0.3 is 10.1 Å². The molecule has 2 N–H and O–H groups in total. The van der Waals surface area contributed by atoms with E-state index in [1.807, 2.05) is 31.2 Å². The lowest BCUT2D eigenvalue weighted by Crippen LogP contribution is -2.14. The van der Waals surface area contributed by atoms with Crippen molar-refractivity contribution in [2.24, 2.45) is 0 Å². The van der Waals surface area contributed by atoms with Gasteiger partial charge in [-0.2, -0.15) is 0 Å². The van der Waals surface area contributed by atoms with Gasteiger partial charge in [0.25, 0.3) is 0 Å². The van der Waals surface area contributed by atoms with Crippen LogP contribution in [-0.2, 0) is 11.4 Å². The number of aromatic amines is 1. The number of nitrogens with zero attached hydrogens (tertiary/aromatic N) is 2. The third-order valence-corrected chi connectivity index (χ3v) is 4.82. The van der Waals surface area contributed by atoms with Crippen LogP contribution < -0.4 is 10.1 Å². The number of ether oxygens (including phenoxy) is 1. The first-order chi connectivity index (χ1) is 13.0. The highest BCUT2D eigenvalue weighted by Gasteiger charge is 2.10. The first-order valence-corrected chi connectivity index (χ1v) is 9.72. The Morgan fingerprint density at radius 3 is 2.93 bits per heavy atom. The number of halogens is 2. The summed E-state index contributed by atoms with van der Waals surface area (Å²) in [6.07, 6.45) is 0. The lowest BCUT2D eigenvalue weighted by molar-refractivity contribution is -0.113. The highest BCUT2D eigenvalue weighted by atomic mass is 35.5. The van der Waals surface area contributed by atoms with Gasteiger partial charge in [-0.15, -0.1) is 5.10 Å². The minimum Gasteiger partial charge on any atom is -0.486 e. The molecule has 0 atom stereocenters. The second-order valence-electron chi connectivity index (χ2n) is 5.63. The van der Waals surface area contributed by atoms with E-state index in [4.69, 9.17) is 27.9 Å². The Kier molecular flexibility index (Phi) is 6.60. The van der Waals surface area contributed by atoms with Crippen LogP contribution in [0.5, 0.6) is 5.75 Å². The number of hydrogen-bond donors (Lipinski definition) is 2. The summed E-state index contributed by atoms with van der Waals surface area (Å²) in [5, 5.41) is 11.0. The standard InChI is InChI=1S/C18H16Cl2N4O2S/c1-11-3-2-4-13(7-11)26-9-16-22-18(24-23-16)27-10-17(25)21-15-8-12(19)5-6-14(15)20/h2-8H,9-10H2,1H3,(H,21,25)(H,22,23,24). The normalized spacial score (nSPS) is 10.6. The van der Waals surface area contributed by atoms with Crippen molar-refractivity contribution < 1.29 is 9.53 Å². The van der Waals surface area contributed by atoms with Gasteiger partial charge in [-0.1, -0.05) is 47.1 Å². The Morgan fingerprint density at radius 2 is 2.11 bits per heavy atom. The Labute approximate surface area is 170 Å². The summed E-state index contributed by atoms with van der Waals surface area (Å²) in [6, 6.07) is 12.6. The van der Waals surface area contributed by atoms with E-state index in [-0.39, 0.29) is 18.3 Å². The van der Waals surface area contributed by atoms with Gasteiger partial charge in [-0.3, -0.25) is 9.89 Å². The average molecular weight is 423 g/mol. The summed E-state index contributed by atoms with van der Waals surface area (Å²) < 4.78 is 5.67. The summed E-state index contributed by atoms with van der Waals surface area (Å²) in [6.45, 7) is 2.26. The number of rotatable bonds is 7. The van der Waals surface area contributed by atoms with Gasteiger partial charge in [0.15, 0.2) is 5.82 Å². The van der Waals surface area contributed by atoms with Crippen molar-refractivity contribution in [3.8, 4) is 5.75 Å². The van der Waals surface area contributed by atoms with Crippen molar-refractivity contribution in [3.05, 3.63) is 63.9 Å². The van der Waals surface area contributed by atoms with Crippen molar-refractivity contribution in [3.63, 3.8) is 0 Å². The zero-order valence-corrected chi connectivity index (χ0v) is 16.7. The number of carbonyl (C=O) groups excluding carboxylic acids is 1. The molecule has 0 aliphatic carbocycles. The van der Waals surface area contributed by atoms with Crippen LogP contribution in [0.25, 0.3) is 0 Å². The third-order valence-electron chi connectivity index (χ3n) is 3.41. The molecular formula is C18H16Cl2N4O2S. The first kappa shape index (κ1) is 19.5. The smallest absolute Gasteiger partial charge is 0.234 e. The van der Waals surface area contributed by atoms with Crippen LogP contribution in [0.15, 0.2) is 47.6 Å². The summed E-state index contributed by atoms with van der Waals surface area (Å²) in [5.41, 5.74) is 1.59. The number of amides is 1. The number of nitrogens with one attached hydrogen (secondary N) is 2. The van der Waals surface area contributed by atoms with E-state index < -0.39 is 0 Å². The van der Waals surface area contributed by atoms with Gasteiger partial charge in [-0.05, 0) is 42.8 Å². The van der Waals surface area contributed by atoms with E-state index in [2.05, 4.69) is 20.5 Å². The number of aryl methyl sites for hydroxylation is 1. The van der Waals surface area contributed by atoms with Crippen LogP contribution in [0.3, 0.4) is 0 Å². The molecular weight excluding hydrogens is 407 g/mol. The minimum absolute atomic E-state index is 0.138. The van der Waals surface area contributed by atoms with Crippen molar-refractivity contribution in [1.82, 2.24) is 15.2 Å². The quantitative estimate of drug-likeness (QED) is 0.537. The zero-order valence-electron chi connectivity index (χ0n) is 14.3. The second-order valence-corrected chi connectivity index (χ2v) is 7.42. The number of thioether (sulfide) groups is 1. The fourth-order valence-corrected chi connectivity index (χ4v) is 3.13. The molecule has 0 saturated carbocycles. The van der Waals surface area contributed by atoms with Crippen molar-refractivity contribution in [2.75, 3.05) is 11.1 Å². The molecule has 0 unspecified atom stereocenters. The van der Waals surface area contributed by atoms with Crippen LogP contribution in [0.4, 0.5) is 5.69 Å². The SMILES string of the molecule is Cc1cccc(OCc2nc(SCC(=O)Nc3cc(Cl)ccc3Cl)n[nH]2)c1. The average Bonchev–Trinajstić information content (AvgIpc) is 3.09. The molecule has 2 aromatic carbocycles. The van der Waals surface area contributed by atoms with E-state index in [1.54, 1.807) is 18.2 Å². The van der Waals surface area contributed by atoms with Gasteiger partial charge >= 0.3 is 0 Å². The van der Waals surface area contributed by atoms with E-state index >= 15 is 0 Å². The van der Waals surface area contributed by atoms with Gasteiger partial charge in [0.1, 0.15) is 12.4 Å². The summed E-state index contributed by atoms with van der Waals surface area (Å²) in [4.78, 5) is 16.4. The highest BCUT2D eigenvalue weighted by molar-refractivity contribution is 7.99. The number of hydrogen-bond acceptors (Lipinski definition) is 5. The molecule has 3 aromatic rings. The number of benzene rings is 2. The van der Waals surface area contributed by atoms with Gasteiger partial charge in [0, 0.05) is 5.02 Å². The molecule has 1 amide bonds. The van der Waals surface area contributed by atoms with Crippen molar-refractivity contribution in [2.45, 2.75) is 18.7 Å². The predicted octanol–water partition coefficient (Wildman–Crippen LogP) is 4.73. The van der Waals surface area contributed by atoms with E-state index in [1.165, 1.54) is 11.8 Å². The maximum atomic E-state index is 12.1. The second kappa shape index (κ2) is 9.12. The van der Waals surface area contributed by atoms with Gasteiger partial charge in [0.05, 0.1) is 16.5 Å². The number of aromatic nitrogens is 3. The molecule has 1 heterocycles. The maximum Gasteiger partial charge on any atom is 0.234 e. The topological polar surface area (TPSA) is 79.9 Å². The highest BCUT2D eigenvalue weighted by Crippen LogP contribution is 2.25. The summed E-state index contributed by atoms with van der Waals surface area (Å²) >= 11 is 13.1. The van der Waals surface area contributed by atoms with Crippen LogP contribution in [-0.4, -0.2) is 26.8 Å². The first-order valence-electron chi connectivity index (χ1n) is 7.98. The minimum atomic E-state index is -0.230. The molecule has 0 radical (unpaired) electrons. The Balaban J connectivity index is 1.49. The van der Waals surface area contributed by atoms with Gasteiger partial charge in [0.2, 0.25) is 11.1 Å². The Hall–Kier alpha value is -2.22. The summed E-state index contributed by atoms with van der Waals surface area (Å²) in [7, 11) is 0. The Morgan fingerprint density at radius 1 is 1.26 bits per heavy atom. The molecule has 0 bridgehead atoms. The molecule has 3 rings (SSSR count). The molecule has 0 spiro atoms. The fourth-order valence-electron chi connectivity index (χ4n) is 2.17. The molecule has 9 heteroatoms. The lowest BCUT2D eigenvalue weighted by Gasteiger charge is -2.06. The van der Waals surface area contributed by atoms with E-state index in [0.717, 1.165) is 11.3 Å². The largest absolute Gasteiger partial charge is 0.486 e. The fraction of sp³-hybridized carbons (Fsp3) is 0.167. The molecule has 0 aliphatic heterocycles. The molecule has 140 valence electrons. The van der Waals surface area contributed by atoms with E-state index in [9.17, 15) is 4.79 Å². The number of carbonyl (C=O) groups is 1. The molecule has 0 aliphatic rings. The van der Waals surface area contributed by atoms with Crippen molar-refractivity contribution >= 4 is 46.6 Å². The molecule has 1 aromatic heterocycles. The van der Waals surface area contributed by atoms with Crippen LogP contribution >= 0.6 is 35.0 Å².